The third-order valence-corrected chi connectivity index (χ3v) is 4.41. The standard InChI is InChI=1S/C18H26ClN3O2/c1-4-17(24)21-8-10-22(11-9-21)18-14(19)6-5-7-15(18)20-16(23)12-13(2)3/h5-7,13H,4,8-12H2,1-3H3,(H,20,23). The number of para-hydroxylation sites is 1. The predicted octanol–water partition coefficient (Wildman–Crippen LogP) is 3.38. The first-order valence-corrected chi connectivity index (χ1v) is 8.91. The molecule has 5 nitrogen and oxygen atoms in total. The summed E-state index contributed by atoms with van der Waals surface area (Å²) in [5.74, 6) is 0.476. The molecule has 6 heteroatoms. The molecule has 1 aromatic rings. The van der Waals surface area contributed by atoms with Crippen LogP contribution in [0.15, 0.2) is 18.2 Å². The van der Waals surface area contributed by atoms with E-state index in [1.54, 1.807) is 0 Å². The molecule has 1 aliphatic heterocycles. The highest BCUT2D eigenvalue weighted by Crippen LogP contribution is 2.34. The van der Waals surface area contributed by atoms with E-state index in [0.717, 1.165) is 11.4 Å². The molecule has 1 saturated heterocycles. The van der Waals surface area contributed by atoms with E-state index in [9.17, 15) is 9.59 Å². The van der Waals surface area contributed by atoms with Crippen LogP contribution in [0.3, 0.4) is 0 Å². The molecule has 24 heavy (non-hydrogen) atoms. The van der Waals surface area contributed by atoms with Crippen molar-refractivity contribution in [3.8, 4) is 0 Å². The summed E-state index contributed by atoms with van der Waals surface area (Å²) in [6, 6.07) is 5.55. The fourth-order valence-electron chi connectivity index (χ4n) is 2.91. The van der Waals surface area contributed by atoms with Gasteiger partial charge in [0.15, 0.2) is 0 Å². The minimum Gasteiger partial charge on any atom is -0.365 e. The van der Waals surface area contributed by atoms with Gasteiger partial charge < -0.3 is 15.1 Å². The number of halogens is 1. The number of amides is 2. The molecule has 2 rings (SSSR count). The lowest BCUT2D eigenvalue weighted by Gasteiger charge is -2.37. The molecule has 0 radical (unpaired) electrons. The predicted molar refractivity (Wildman–Crippen MR) is 98.6 cm³/mol. The SMILES string of the molecule is CCC(=O)N1CCN(c2c(Cl)cccc2NC(=O)CC(C)C)CC1. The van der Waals surface area contributed by atoms with Crippen LogP contribution in [0, 0.1) is 5.92 Å². The first kappa shape index (κ1) is 18.6. The molecule has 132 valence electrons. The van der Waals surface area contributed by atoms with Gasteiger partial charge in [-0.05, 0) is 18.1 Å². The summed E-state index contributed by atoms with van der Waals surface area (Å²) in [4.78, 5) is 28.0. The Morgan fingerprint density at radius 2 is 1.88 bits per heavy atom. The Balaban J connectivity index is 2.13. The Morgan fingerprint density at radius 3 is 2.46 bits per heavy atom. The number of benzene rings is 1. The summed E-state index contributed by atoms with van der Waals surface area (Å²) in [7, 11) is 0. The minimum absolute atomic E-state index is 0.00619. The maximum atomic E-state index is 12.1. The van der Waals surface area contributed by atoms with Crippen LogP contribution in [0.1, 0.15) is 33.6 Å². The van der Waals surface area contributed by atoms with Gasteiger partial charge in [0, 0.05) is 39.0 Å². The zero-order valence-corrected chi connectivity index (χ0v) is 15.4. The zero-order chi connectivity index (χ0) is 17.7. The Morgan fingerprint density at radius 1 is 1.21 bits per heavy atom. The van der Waals surface area contributed by atoms with E-state index in [1.807, 2.05) is 43.9 Å². The maximum Gasteiger partial charge on any atom is 0.224 e. The van der Waals surface area contributed by atoms with Gasteiger partial charge in [0.2, 0.25) is 11.8 Å². The van der Waals surface area contributed by atoms with Crippen molar-refractivity contribution in [3.63, 3.8) is 0 Å². The largest absolute Gasteiger partial charge is 0.365 e. The van der Waals surface area contributed by atoms with Crippen molar-refractivity contribution in [2.24, 2.45) is 5.92 Å². The van der Waals surface area contributed by atoms with Gasteiger partial charge in [-0.2, -0.15) is 0 Å². The van der Waals surface area contributed by atoms with Crippen LogP contribution in [0.25, 0.3) is 0 Å². The van der Waals surface area contributed by atoms with Crippen LogP contribution in [0.5, 0.6) is 0 Å². The average Bonchev–Trinajstić information content (AvgIpc) is 2.54. The molecular weight excluding hydrogens is 326 g/mol. The topological polar surface area (TPSA) is 52.7 Å². The van der Waals surface area contributed by atoms with Crippen LogP contribution >= 0.6 is 11.6 Å². The molecule has 1 aromatic carbocycles. The van der Waals surface area contributed by atoms with Crippen LogP contribution in [-0.4, -0.2) is 42.9 Å². The highest BCUT2D eigenvalue weighted by Gasteiger charge is 2.23. The van der Waals surface area contributed by atoms with Crippen molar-refractivity contribution in [1.82, 2.24) is 4.90 Å². The van der Waals surface area contributed by atoms with Gasteiger partial charge in [0.25, 0.3) is 0 Å². The summed E-state index contributed by atoms with van der Waals surface area (Å²) in [5, 5.41) is 3.60. The van der Waals surface area contributed by atoms with Gasteiger partial charge in [-0.25, -0.2) is 0 Å². The number of piperazine rings is 1. The van der Waals surface area contributed by atoms with E-state index in [1.165, 1.54) is 0 Å². The second kappa shape index (κ2) is 8.38. The lowest BCUT2D eigenvalue weighted by Crippen LogP contribution is -2.48. The van der Waals surface area contributed by atoms with E-state index in [0.29, 0.717) is 50.0 Å². The van der Waals surface area contributed by atoms with Crippen LogP contribution in [0.2, 0.25) is 5.02 Å². The van der Waals surface area contributed by atoms with Gasteiger partial charge in [-0.3, -0.25) is 9.59 Å². The van der Waals surface area contributed by atoms with Gasteiger partial charge >= 0.3 is 0 Å². The second-order valence-electron chi connectivity index (χ2n) is 6.50. The van der Waals surface area contributed by atoms with Crippen molar-refractivity contribution in [2.75, 3.05) is 36.4 Å². The van der Waals surface area contributed by atoms with Crippen molar-refractivity contribution >= 4 is 34.8 Å². The summed E-state index contributed by atoms with van der Waals surface area (Å²) in [6.07, 6.45) is 1.01. The minimum atomic E-state index is -0.00619. The fourth-order valence-corrected chi connectivity index (χ4v) is 3.21. The number of carbonyl (C=O) groups excluding carboxylic acids is 2. The second-order valence-corrected chi connectivity index (χ2v) is 6.91. The van der Waals surface area contributed by atoms with E-state index in [2.05, 4.69) is 10.2 Å². The van der Waals surface area contributed by atoms with Gasteiger partial charge in [0.1, 0.15) is 0 Å². The number of anilines is 2. The van der Waals surface area contributed by atoms with E-state index in [-0.39, 0.29) is 11.8 Å². The van der Waals surface area contributed by atoms with Crippen molar-refractivity contribution in [3.05, 3.63) is 23.2 Å². The summed E-state index contributed by atoms with van der Waals surface area (Å²) in [6.45, 7) is 8.69. The molecule has 0 atom stereocenters. The van der Waals surface area contributed by atoms with E-state index < -0.39 is 0 Å². The third-order valence-electron chi connectivity index (χ3n) is 4.11. The summed E-state index contributed by atoms with van der Waals surface area (Å²) < 4.78 is 0. The number of nitrogens with zero attached hydrogens (tertiary/aromatic N) is 2. The first-order valence-electron chi connectivity index (χ1n) is 8.53. The number of hydrogen-bond donors (Lipinski definition) is 1. The normalized spacial score (nSPS) is 14.9. The number of hydrogen-bond acceptors (Lipinski definition) is 3. The van der Waals surface area contributed by atoms with Crippen molar-refractivity contribution in [2.45, 2.75) is 33.6 Å². The molecule has 0 bridgehead atoms. The Labute approximate surface area is 149 Å². The molecule has 0 aromatic heterocycles. The first-order chi connectivity index (χ1) is 11.4. The molecule has 0 saturated carbocycles. The smallest absolute Gasteiger partial charge is 0.224 e. The molecule has 1 N–H and O–H groups in total. The van der Waals surface area contributed by atoms with Crippen LogP contribution in [-0.2, 0) is 9.59 Å². The van der Waals surface area contributed by atoms with Gasteiger partial charge in [-0.15, -0.1) is 0 Å². The molecule has 0 spiro atoms. The van der Waals surface area contributed by atoms with Crippen molar-refractivity contribution in [1.29, 1.82) is 0 Å². The maximum absolute atomic E-state index is 12.1. The third kappa shape index (κ3) is 4.63. The van der Waals surface area contributed by atoms with Crippen LogP contribution in [0.4, 0.5) is 11.4 Å². The van der Waals surface area contributed by atoms with Crippen molar-refractivity contribution < 1.29 is 9.59 Å². The van der Waals surface area contributed by atoms with E-state index >= 15 is 0 Å². The Kier molecular flexibility index (Phi) is 6.49. The zero-order valence-electron chi connectivity index (χ0n) is 14.6. The molecule has 1 aliphatic rings. The molecule has 1 heterocycles. The fraction of sp³-hybridized carbons (Fsp3) is 0.556. The molecule has 2 amide bonds. The quantitative estimate of drug-likeness (QED) is 0.884. The van der Waals surface area contributed by atoms with Crippen LogP contribution < -0.4 is 10.2 Å². The summed E-state index contributed by atoms with van der Waals surface area (Å²) in [5.41, 5.74) is 1.59. The lowest BCUT2D eigenvalue weighted by atomic mass is 10.1. The molecule has 0 unspecified atom stereocenters. The van der Waals surface area contributed by atoms with E-state index in [4.69, 9.17) is 11.6 Å². The number of nitrogens with one attached hydrogen (secondary N) is 1. The molecule has 0 aliphatic carbocycles. The Hall–Kier alpha value is -1.75. The monoisotopic (exact) mass is 351 g/mol. The average molecular weight is 352 g/mol. The number of carbonyl (C=O) groups is 2. The molecular formula is C18H26ClN3O2. The highest BCUT2D eigenvalue weighted by atomic mass is 35.5. The number of rotatable bonds is 5. The van der Waals surface area contributed by atoms with Gasteiger partial charge in [0.05, 0.1) is 16.4 Å². The summed E-state index contributed by atoms with van der Waals surface area (Å²) >= 11 is 6.40. The molecule has 1 fully saturated rings. The lowest BCUT2D eigenvalue weighted by molar-refractivity contribution is -0.131. The Bertz CT molecular complexity index is 596. The highest BCUT2D eigenvalue weighted by molar-refractivity contribution is 6.34. The van der Waals surface area contributed by atoms with Gasteiger partial charge in [-0.1, -0.05) is 38.4 Å².